The molecule has 0 aliphatic carbocycles. The number of nitrogens with one attached hydrogen (secondary N) is 2. The van der Waals surface area contributed by atoms with Crippen molar-refractivity contribution in [1.82, 2.24) is 14.9 Å². The second-order valence-electron chi connectivity index (χ2n) is 7.95. The van der Waals surface area contributed by atoms with Crippen molar-refractivity contribution >= 4 is 17.5 Å². The smallest absolute Gasteiger partial charge is 0.258 e. The van der Waals surface area contributed by atoms with Gasteiger partial charge in [0.05, 0.1) is 5.56 Å². The second-order valence-corrected chi connectivity index (χ2v) is 7.95. The van der Waals surface area contributed by atoms with Crippen molar-refractivity contribution in [1.29, 1.82) is 0 Å². The minimum absolute atomic E-state index is 0.186. The summed E-state index contributed by atoms with van der Waals surface area (Å²) in [5.41, 5.74) is 3.63. The number of amides is 1. The quantitative estimate of drug-likeness (QED) is 0.630. The molecular weight excluding hydrogens is 350 g/mol. The normalized spacial score (nSPS) is 11.3. The van der Waals surface area contributed by atoms with Crippen LogP contribution in [0.4, 0.5) is 11.6 Å². The number of hydrogen-bond acceptors (Lipinski definition) is 5. The maximum absolute atomic E-state index is 12.8. The van der Waals surface area contributed by atoms with E-state index in [0.29, 0.717) is 23.3 Å². The lowest BCUT2D eigenvalue weighted by atomic mass is 9.92. The summed E-state index contributed by atoms with van der Waals surface area (Å²) in [6.45, 7) is 10.3. The van der Waals surface area contributed by atoms with Gasteiger partial charge in [0.25, 0.3) is 5.91 Å². The van der Waals surface area contributed by atoms with Gasteiger partial charge in [-0.15, -0.1) is 0 Å². The molecule has 0 fully saturated rings. The Morgan fingerprint density at radius 1 is 1.04 bits per heavy atom. The minimum Gasteiger partial charge on any atom is -0.354 e. The Labute approximate surface area is 168 Å². The summed E-state index contributed by atoms with van der Waals surface area (Å²) in [6.07, 6.45) is 4.15. The molecule has 0 aliphatic rings. The Hall–Kier alpha value is -2.47. The molecule has 0 atom stereocenters. The maximum Gasteiger partial charge on any atom is 0.258 e. The van der Waals surface area contributed by atoms with E-state index in [1.807, 2.05) is 14.1 Å². The fraction of sp³-hybridized carbons (Fsp3) is 0.500. The fourth-order valence-electron chi connectivity index (χ4n) is 3.01. The molecule has 0 unspecified atom stereocenters. The number of benzene rings is 1. The Kier molecular flexibility index (Phi) is 7.93. The van der Waals surface area contributed by atoms with Crippen LogP contribution >= 0.6 is 0 Å². The van der Waals surface area contributed by atoms with E-state index in [4.69, 9.17) is 0 Å². The van der Waals surface area contributed by atoms with Gasteiger partial charge in [-0.1, -0.05) is 45.9 Å². The molecule has 6 nitrogen and oxygen atoms in total. The number of para-hydroxylation sites is 1. The molecular formula is C22H33N5O. The summed E-state index contributed by atoms with van der Waals surface area (Å²) in [5.74, 6) is 0.993. The lowest BCUT2D eigenvalue weighted by Crippen LogP contribution is -2.18. The van der Waals surface area contributed by atoms with Crippen LogP contribution in [0, 0.1) is 0 Å². The first-order chi connectivity index (χ1) is 13.3. The SMILES string of the molecule is CC(C)c1cccc(C(C)C)c1NC(=O)c1cnc(NCCCN(C)C)nc1. The third-order valence-corrected chi connectivity index (χ3v) is 4.59. The van der Waals surface area contributed by atoms with Gasteiger partial charge in [-0.3, -0.25) is 4.79 Å². The maximum atomic E-state index is 12.8. The topological polar surface area (TPSA) is 70.2 Å². The molecule has 0 aliphatic heterocycles. The van der Waals surface area contributed by atoms with Gasteiger partial charge in [-0.2, -0.15) is 0 Å². The molecule has 0 bridgehead atoms. The van der Waals surface area contributed by atoms with Crippen molar-refractivity contribution in [3.05, 3.63) is 47.3 Å². The highest BCUT2D eigenvalue weighted by Crippen LogP contribution is 2.32. The van der Waals surface area contributed by atoms with Crippen LogP contribution in [0.2, 0.25) is 0 Å². The van der Waals surface area contributed by atoms with E-state index in [1.165, 1.54) is 0 Å². The van der Waals surface area contributed by atoms with Gasteiger partial charge >= 0.3 is 0 Å². The van der Waals surface area contributed by atoms with Crippen molar-refractivity contribution < 1.29 is 4.79 Å². The Morgan fingerprint density at radius 3 is 2.11 bits per heavy atom. The molecule has 0 spiro atoms. The summed E-state index contributed by atoms with van der Waals surface area (Å²) in [7, 11) is 4.10. The molecule has 28 heavy (non-hydrogen) atoms. The highest BCUT2D eigenvalue weighted by atomic mass is 16.1. The van der Waals surface area contributed by atoms with Crippen molar-refractivity contribution in [3.8, 4) is 0 Å². The van der Waals surface area contributed by atoms with Crippen LogP contribution in [-0.2, 0) is 0 Å². The van der Waals surface area contributed by atoms with Crippen LogP contribution < -0.4 is 10.6 Å². The standard InChI is InChI=1S/C22H33N5O/c1-15(2)18-9-7-10-19(16(3)4)20(18)26-21(28)17-13-24-22(25-14-17)23-11-8-12-27(5)6/h7,9-10,13-16H,8,11-12H2,1-6H3,(H,26,28)(H,23,24,25). The number of carbonyl (C=O) groups is 1. The molecule has 1 amide bonds. The summed E-state index contributed by atoms with van der Waals surface area (Å²) in [5, 5.41) is 6.28. The van der Waals surface area contributed by atoms with Crippen molar-refractivity contribution in [2.75, 3.05) is 37.8 Å². The number of carbonyl (C=O) groups excluding carboxylic acids is 1. The first-order valence-corrected chi connectivity index (χ1v) is 9.94. The number of aromatic nitrogens is 2. The summed E-state index contributed by atoms with van der Waals surface area (Å²) < 4.78 is 0. The largest absolute Gasteiger partial charge is 0.354 e. The second kappa shape index (κ2) is 10.2. The molecule has 1 aromatic carbocycles. The van der Waals surface area contributed by atoms with Gasteiger partial charge in [0.2, 0.25) is 5.95 Å². The summed E-state index contributed by atoms with van der Waals surface area (Å²) in [6, 6.07) is 6.20. The monoisotopic (exact) mass is 383 g/mol. The third-order valence-electron chi connectivity index (χ3n) is 4.59. The van der Waals surface area contributed by atoms with E-state index in [9.17, 15) is 4.79 Å². The van der Waals surface area contributed by atoms with E-state index < -0.39 is 0 Å². The van der Waals surface area contributed by atoms with Crippen LogP contribution in [0.15, 0.2) is 30.6 Å². The average molecular weight is 384 g/mol. The first kappa shape index (κ1) is 21.8. The highest BCUT2D eigenvalue weighted by molar-refractivity contribution is 6.04. The van der Waals surface area contributed by atoms with Crippen molar-refractivity contribution in [3.63, 3.8) is 0 Å². The van der Waals surface area contributed by atoms with E-state index in [-0.39, 0.29) is 5.91 Å². The van der Waals surface area contributed by atoms with Crippen LogP contribution in [-0.4, -0.2) is 48.0 Å². The predicted molar refractivity (Wildman–Crippen MR) is 116 cm³/mol. The average Bonchev–Trinajstić information content (AvgIpc) is 2.65. The van der Waals surface area contributed by atoms with Crippen LogP contribution in [0.3, 0.4) is 0 Å². The molecule has 0 saturated heterocycles. The molecule has 0 saturated carbocycles. The van der Waals surface area contributed by atoms with E-state index in [1.54, 1.807) is 12.4 Å². The molecule has 2 N–H and O–H groups in total. The highest BCUT2D eigenvalue weighted by Gasteiger charge is 2.17. The van der Waals surface area contributed by atoms with E-state index in [0.717, 1.165) is 36.3 Å². The molecule has 6 heteroatoms. The predicted octanol–water partition coefficient (Wildman–Crippen LogP) is 4.34. The third kappa shape index (κ3) is 6.02. The molecule has 1 heterocycles. The minimum atomic E-state index is -0.186. The Bertz CT molecular complexity index is 743. The van der Waals surface area contributed by atoms with Crippen molar-refractivity contribution in [2.45, 2.75) is 46.0 Å². The van der Waals surface area contributed by atoms with Crippen LogP contribution in [0.5, 0.6) is 0 Å². The Balaban J connectivity index is 2.09. The van der Waals surface area contributed by atoms with E-state index >= 15 is 0 Å². The fourth-order valence-corrected chi connectivity index (χ4v) is 3.01. The lowest BCUT2D eigenvalue weighted by Gasteiger charge is -2.20. The number of nitrogens with zero attached hydrogens (tertiary/aromatic N) is 3. The Morgan fingerprint density at radius 2 is 1.61 bits per heavy atom. The van der Waals surface area contributed by atoms with Gasteiger partial charge in [-0.25, -0.2) is 9.97 Å². The van der Waals surface area contributed by atoms with Gasteiger partial charge in [-0.05, 0) is 50.0 Å². The van der Waals surface area contributed by atoms with Crippen molar-refractivity contribution in [2.24, 2.45) is 0 Å². The summed E-state index contributed by atoms with van der Waals surface area (Å²) in [4.78, 5) is 23.5. The number of rotatable bonds is 9. The number of hydrogen-bond donors (Lipinski definition) is 2. The zero-order valence-corrected chi connectivity index (χ0v) is 17.9. The van der Waals surface area contributed by atoms with Gasteiger partial charge < -0.3 is 15.5 Å². The molecule has 1 aromatic heterocycles. The van der Waals surface area contributed by atoms with E-state index in [2.05, 4.69) is 71.4 Å². The molecule has 2 rings (SSSR count). The summed E-state index contributed by atoms with van der Waals surface area (Å²) >= 11 is 0. The van der Waals surface area contributed by atoms with Gasteiger partial charge in [0.1, 0.15) is 0 Å². The van der Waals surface area contributed by atoms with Crippen LogP contribution in [0.25, 0.3) is 0 Å². The zero-order chi connectivity index (χ0) is 20.7. The molecule has 152 valence electrons. The van der Waals surface area contributed by atoms with Gasteiger partial charge in [0.15, 0.2) is 0 Å². The molecule has 2 aromatic rings. The van der Waals surface area contributed by atoms with Crippen LogP contribution in [0.1, 0.15) is 67.4 Å². The number of anilines is 2. The zero-order valence-electron chi connectivity index (χ0n) is 17.9. The first-order valence-electron chi connectivity index (χ1n) is 9.94. The molecule has 0 radical (unpaired) electrons. The van der Waals surface area contributed by atoms with Gasteiger partial charge in [0, 0.05) is 24.6 Å². The lowest BCUT2D eigenvalue weighted by molar-refractivity contribution is 0.102.